The summed E-state index contributed by atoms with van der Waals surface area (Å²) in [4.78, 5) is 16.2. The Morgan fingerprint density at radius 2 is 2.10 bits per heavy atom. The molecular weight excluding hydrogens is 260 g/mol. The monoisotopic (exact) mass is 282 g/mol. The maximum atomic E-state index is 12.2. The average molecular weight is 282 g/mol. The Kier molecular flexibility index (Phi) is 5.08. The van der Waals surface area contributed by atoms with Crippen LogP contribution in [0.3, 0.4) is 0 Å². The number of aromatic nitrogens is 2. The van der Waals surface area contributed by atoms with Gasteiger partial charge in [-0.1, -0.05) is 10.3 Å². The summed E-state index contributed by atoms with van der Waals surface area (Å²) in [5, 5.41) is 7.43. The number of likely N-dealkylation sites (N-methyl/N-ethyl adjacent to an activating group) is 1. The quantitative estimate of drug-likeness (QED) is 0.763. The van der Waals surface area contributed by atoms with Gasteiger partial charge in [-0.15, -0.1) is 0 Å². The molecule has 0 N–H and O–H groups in total. The second kappa shape index (κ2) is 6.81. The van der Waals surface area contributed by atoms with Crippen molar-refractivity contribution in [2.45, 2.75) is 26.3 Å². The molecule has 1 atom stereocenters. The Labute approximate surface area is 118 Å². The van der Waals surface area contributed by atoms with Crippen molar-refractivity contribution in [3.8, 4) is 0 Å². The van der Waals surface area contributed by atoms with Crippen molar-refractivity contribution in [1.82, 2.24) is 20.1 Å². The standard InChI is InChI=1S/C13H22N4O3/c1-10(17-4-6-19-7-5-17)9-16(3)13(18)8-12-11(2)14-20-15-12/h10H,4-9H2,1-3H3/t10-/m0/s1. The van der Waals surface area contributed by atoms with Gasteiger partial charge < -0.3 is 9.64 Å². The lowest BCUT2D eigenvalue weighted by atomic mass is 10.2. The van der Waals surface area contributed by atoms with Gasteiger partial charge in [-0.25, -0.2) is 4.63 Å². The molecule has 0 saturated carbocycles. The van der Waals surface area contributed by atoms with Crippen LogP contribution in [-0.4, -0.2) is 72.0 Å². The average Bonchev–Trinajstić information content (AvgIpc) is 2.85. The van der Waals surface area contributed by atoms with Crippen molar-refractivity contribution in [3.05, 3.63) is 11.4 Å². The summed E-state index contributed by atoms with van der Waals surface area (Å²) in [7, 11) is 1.82. The molecule has 1 aliphatic heterocycles. The molecule has 0 aliphatic carbocycles. The molecule has 0 aromatic carbocycles. The first-order valence-corrected chi connectivity index (χ1v) is 6.91. The number of ether oxygens (including phenoxy) is 1. The molecule has 1 fully saturated rings. The minimum Gasteiger partial charge on any atom is -0.379 e. The fourth-order valence-corrected chi connectivity index (χ4v) is 2.32. The van der Waals surface area contributed by atoms with Crippen LogP contribution in [0.4, 0.5) is 0 Å². The van der Waals surface area contributed by atoms with Gasteiger partial charge in [-0.3, -0.25) is 9.69 Å². The summed E-state index contributed by atoms with van der Waals surface area (Å²) >= 11 is 0. The number of carbonyl (C=O) groups excluding carboxylic acids is 1. The van der Waals surface area contributed by atoms with E-state index in [2.05, 4.69) is 26.8 Å². The molecule has 1 aromatic heterocycles. The minimum absolute atomic E-state index is 0.0314. The van der Waals surface area contributed by atoms with Gasteiger partial charge in [0.05, 0.1) is 19.6 Å². The molecule has 7 heteroatoms. The highest BCUT2D eigenvalue weighted by Crippen LogP contribution is 2.07. The van der Waals surface area contributed by atoms with Crippen LogP contribution in [-0.2, 0) is 16.0 Å². The zero-order valence-corrected chi connectivity index (χ0v) is 12.3. The molecule has 7 nitrogen and oxygen atoms in total. The fourth-order valence-electron chi connectivity index (χ4n) is 2.32. The number of morpholine rings is 1. The summed E-state index contributed by atoms with van der Waals surface area (Å²) < 4.78 is 9.95. The molecule has 2 heterocycles. The van der Waals surface area contributed by atoms with E-state index in [0.717, 1.165) is 26.3 Å². The van der Waals surface area contributed by atoms with E-state index in [-0.39, 0.29) is 12.3 Å². The van der Waals surface area contributed by atoms with Crippen molar-refractivity contribution < 1.29 is 14.2 Å². The number of hydrogen-bond acceptors (Lipinski definition) is 6. The minimum atomic E-state index is 0.0314. The number of rotatable bonds is 5. The Morgan fingerprint density at radius 3 is 2.70 bits per heavy atom. The molecule has 0 bridgehead atoms. The topological polar surface area (TPSA) is 71.7 Å². The zero-order valence-electron chi connectivity index (χ0n) is 12.3. The number of hydrogen-bond donors (Lipinski definition) is 0. The van der Waals surface area contributed by atoms with Gasteiger partial charge >= 0.3 is 0 Å². The van der Waals surface area contributed by atoms with Crippen LogP contribution in [0.25, 0.3) is 0 Å². The number of carbonyl (C=O) groups is 1. The van der Waals surface area contributed by atoms with E-state index in [1.165, 1.54) is 0 Å². The first kappa shape index (κ1) is 14.9. The molecule has 0 radical (unpaired) electrons. The molecule has 2 rings (SSSR count). The molecule has 20 heavy (non-hydrogen) atoms. The largest absolute Gasteiger partial charge is 0.379 e. The van der Waals surface area contributed by atoms with E-state index in [1.807, 2.05) is 7.05 Å². The SMILES string of the molecule is Cc1nonc1CC(=O)N(C)C[C@H](C)N1CCOCC1. The van der Waals surface area contributed by atoms with Gasteiger partial charge in [0.15, 0.2) is 0 Å². The van der Waals surface area contributed by atoms with Gasteiger partial charge in [-0.05, 0) is 13.8 Å². The van der Waals surface area contributed by atoms with Crippen LogP contribution in [0, 0.1) is 6.92 Å². The highest BCUT2D eigenvalue weighted by atomic mass is 16.6. The maximum Gasteiger partial charge on any atom is 0.228 e. The summed E-state index contributed by atoms with van der Waals surface area (Å²) in [5.74, 6) is 0.0314. The third kappa shape index (κ3) is 3.77. The molecule has 112 valence electrons. The lowest BCUT2D eigenvalue weighted by molar-refractivity contribution is -0.130. The lowest BCUT2D eigenvalue weighted by Gasteiger charge is -2.34. The molecule has 1 saturated heterocycles. The van der Waals surface area contributed by atoms with Crippen LogP contribution in [0.15, 0.2) is 4.63 Å². The van der Waals surface area contributed by atoms with Crippen LogP contribution in [0.1, 0.15) is 18.3 Å². The highest BCUT2D eigenvalue weighted by Gasteiger charge is 2.21. The molecule has 1 amide bonds. The number of amides is 1. The van der Waals surface area contributed by atoms with E-state index in [0.29, 0.717) is 24.0 Å². The molecule has 0 unspecified atom stereocenters. The van der Waals surface area contributed by atoms with Gasteiger partial charge in [0, 0.05) is 32.7 Å². The van der Waals surface area contributed by atoms with E-state index >= 15 is 0 Å². The van der Waals surface area contributed by atoms with Crippen molar-refractivity contribution in [1.29, 1.82) is 0 Å². The van der Waals surface area contributed by atoms with E-state index in [1.54, 1.807) is 11.8 Å². The third-order valence-corrected chi connectivity index (χ3v) is 3.70. The zero-order chi connectivity index (χ0) is 14.5. The second-order valence-electron chi connectivity index (χ2n) is 5.24. The predicted octanol–water partition coefficient (Wildman–Crippen LogP) is 0.0996. The summed E-state index contributed by atoms with van der Waals surface area (Å²) in [6.07, 6.45) is 0.238. The van der Waals surface area contributed by atoms with E-state index < -0.39 is 0 Å². The first-order chi connectivity index (χ1) is 9.58. The number of aryl methyl sites for hydroxylation is 1. The summed E-state index contributed by atoms with van der Waals surface area (Å²) in [6, 6.07) is 0.324. The van der Waals surface area contributed by atoms with E-state index in [9.17, 15) is 4.79 Å². The van der Waals surface area contributed by atoms with Crippen LogP contribution < -0.4 is 0 Å². The lowest BCUT2D eigenvalue weighted by Crippen LogP contribution is -2.47. The highest BCUT2D eigenvalue weighted by molar-refractivity contribution is 5.78. The maximum absolute atomic E-state index is 12.2. The Morgan fingerprint density at radius 1 is 1.40 bits per heavy atom. The Balaban J connectivity index is 1.82. The molecule has 1 aliphatic rings. The van der Waals surface area contributed by atoms with Crippen molar-refractivity contribution in [2.24, 2.45) is 0 Å². The van der Waals surface area contributed by atoms with Crippen molar-refractivity contribution in [2.75, 3.05) is 39.9 Å². The second-order valence-corrected chi connectivity index (χ2v) is 5.24. The van der Waals surface area contributed by atoms with Gasteiger partial charge in [0.25, 0.3) is 0 Å². The molecule has 0 spiro atoms. The Hall–Kier alpha value is -1.47. The van der Waals surface area contributed by atoms with Gasteiger partial charge in [0.2, 0.25) is 5.91 Å². The number of nitrogens with zero attached hydrogens (tertiary/aromatic N) is 4. The third-order valence-electron chi connectivity index (χ3n) is 3.70. The predicted molar refractivity (Wildman–Crippen MR) is 72.2 cm³/mol. The smallest absolute Gasteiger partial charge is 0.228 e. The molecule has 1 aromatic rings. The molecular formula is C13H22N4O3. The van der Waals surface area contributed by atoms with E-state index in [4.69, 9.17) is 4.74 Å². The van der Waals surface area contributed by atoms with Gasteiger partial charge in [-0.2, -0.15) is 0 Å². The summed E-state index contributed by atoms with van der Waals surface area (Å²) in [6.45, 7) is 8.01. The van der Waals surface area contributed by atoms with Crippen molar-refractivity contribution >= 4 is 5.91 Å². The normalized spacial score (nSPS) is 17.9. The van der Waals surface area contributed by atoms with Crippen molar-refractivity contribution in [3.63, 3.8) is 0 Å². The Bertz CT molecular complexity index is 443. The van der Waals surface area contributed by atoms with Gasteiger partial charge in [0.1, 0.15) is 11.4 Å². The first-order valence-electron chi connectivity index (χ1n) is 6.91. The fraction of sp³-hybridized carbons (Fsp3) is 0.769. The van der Waals surface area contributed by atoms with Crippen LogP contribution in [0.2, 0.25) is 0 Å². The van der Waals surface area contributed by atoms with Crippen LogP contribution in [0.5, 0.6) is 0 Å². The summed E-state index contributed by atoms with van der Waals surface area (Å²) in [5.41, 5.74) is 1.29. The van der Waals surface area contributed by atoms with Crippen LogP contribution >= 0.6 is 0 Å².